The average Bonchev–Trinajstić information content (AvgIpc) is 3.22. The molecule has 2 heterocycles. The molecular weight excluding hydrogens is 358 g/mol. The van der Waals surface area contributed by atoms with Crippen molar-refractivity contribution in [1.29, 1.82) is 0 Å². The van der Waals surface area contributed by atoms with Gasteiger partial charge in [-0.15, -0.1) is 21.9 Å². The van der Waals surface area contributed by atoms with E-state index in [1.54, 1.807) is 11.8 Å². The molecule has 0 amide bonds. The number of halogens is 1. The van der Waals surface area contributed by atoms with Crippen molar-refractivity contribution in [3.63, 3.8) is 0 Å². The number of allylic oxidation sites excluding steroid dienone is 1. The zero-order valence-corrected chi connectivity index (χ0v) is 15.4. The molecule has 0 atom stereocenters. The minimum Gasteiger partial charge on any atom is -0.298 e. The summed E-state index contributed by atoms with van der Waals surface area (Å²) in [5.74, 6) is 2.24. The molecular formula is C16H18ClN7S. The minimum atomic E-state index is 0.618. The second kappa shape index (κ2) is 8.26. The van der Waals surface area contributed by atoms with Gasteiger partial charge in [0.05, 0.1) is 5.75 Å². The van der Waals surface area contributed by atoms with Crippen molar-refractivity contribution in [3.8, 4) is 11.4 Å². The Hall–Kier alpha value is -2.19. The van der Waals surface area contributed by atoms with Gasteiger partial charge in [0.15, 0.2) is 16.8 Å². The third-order valence-electron chi connectivity index (χ3n) is 3.50. The molecule has 2 aromatic heterocycles. The number of benzene rings is 1. The Balaban J connectivity index is 1.82. The normalized spacial score (nSPS) is 11.0. The van der Waals surface area contributed by atoms with E-state index in [4.69, 9.17) is 11.6 Å². The lowest BCUT2D eigenvalue weighted by molar-refractivity contribution is 0.564. The van der Waals surface area contributed by atoms with Gasteiger partial charge in [0, 0.05) is 23.7 Å². The molecule has 130 valence electrons. The maximum absolute atomic E-state index is 5.97. The lowest BCUT2D eigenvalue weighted by Crippen LogP contribution is -2.05. The largest absolute Gasteiger partial charge is 0.298 e. The number of thioether (sulfide) groups is 1. The lowest BCUT2D eigenvalue weighted by Gasteiger charge is -2.08. The van der Waals surface area contributed by atoms with Crippen LogP contribution in [0.15, 0.2) is 42.1 Å². The molecule has 0 unspecified atom stereocenters. The molecule has 0 bridgehead atoms. The van der Waals surface area contributed by atoms with Crippen molar-refractivity contribution in [3.05, 3.63) is 47.8 Å². The number of tetrazole rings is 1. The molecule has 0 aliphatic heterocycles. The van der Waals surface area contributed by atoms with E-state index in [2.05, 4.69) is 39.2 Å². The van der Waals surface area contributed by atoms with Gasteiger partial charge in [-0.2, -0.15) is 0 Å². The maximum Gasteiger partial charge on any atom is 0.192 e. The highest BCUT2D eigenvalue weighted by atomic mass is 35.5. The molecule has 9 heteroatoms. The number of aromatic nitrogens is 7. The highest BCUT2D eigenvalue weighted by Gasteiger charge is 2.15. The molecule has 0 saturated heterocycles. The molecule has 0 N–H and O–H groups in total. The number of rotatable bonds is 8. The molecule has 0 fully saturated rings. The zero-order valence-electron chi connectivity index (χ0n) is 13.8. The van der Waals surface area contributed by atoms with Crippen LogP contribution in [0.2, 0.25) is 5.02 Å². The SMILES string of the molecule is C=CCn1c(SCc2nnnn2CCC)nnc1-c1ccc(Cl)cc1. The standard InChI is InChI=1S/C16H18ClN7S/c1-3-9-23-15(12-5-7-13(17)8-6-12)19-20-16(23)25-11-14-18-21-22-24(14)10-4-2/h3,5-8H,1,4,9-11H2,2H3. The third kappa shape index (κ3) is 4.08. The first-order valence-corrected chi connectivity index (χ1v) is 9.27. The van der Waals surface area contributed by atoms with E-state index in [0.29, 0.717) is 17.3 Å². The summed E-state index contributed by atoms with van der Waals surface area (Å²) in [6, 6.07) is 7.55. The van der Waals surface area contributed by atoms with Crippen LogP contribution in [0.3, 0.4) is 0 Å². The lowest BCUT2D eigenvalue weighted by atomic mass is 10.2. The summed E-state index contributed by atoms with van der Waals surface area (Å²) in [6.45, 7) is 7.35. The van der Waals surface area contributed by atoms with Crippen LogP contribution in [0, 0.1) is 0 Å². The maximum atomic E-state index is 5.97. The highest BCUT2D eigenvalue weighted by Crippen LogP contribution is 2.26. The van der Waals surface area contributed by atoms with E-state index in [0.717, 1.165) is 35.3 Å². The molecule has 0 aliphatic rings. The number of hydrogen-bond donors (Lipinski definition) is 0. The molecule has 0 radical (unpaired) electrons. The monoisotopic (exact) mass is 375 g/mol. The van der Waals surface area contributed by atoms with Crippen molar-refractivity contribution in [2.24, 2.45) is 0 Å². The van der Waals surface area contributed by atoms with Gasteiger partial charge in [0.1, 0.15) is 0 Å². The summed E-state index contributed by atoms with van der Waals surface area (Å²) in [6.07, 6.45) is 2.81. The van der Waals surface area contributed by atoms with Gasteiger partial charge in [-0.3, -0.25) is 4.57 Å². The van der Waals surface area contributed by atoms with E-state index in [1.165, 1.54) is 0 Å². The predicted molar refractivity (Wildman–Crippen MR) is 98.3 cm³/mol. The van der Waals surface area contributed by atoms with Crippen molar-refractivity contribution in [2.75, 3.05) is 0 Å². The fourth-order valence-electron chi connectivity index (χ4n) is 2.34. The van der Waals surface area contributed by atoms with Gasteiger partial charge < -0.3 is 0 Å². The van der Waals surface area contributed by atoms with Crippen molar-refractivity contribution < 1.29 is 0 Å². The van der Waals surface area contributed by atoms with Crippen LogP contribution in [0.5, 0.6) is 0 Å². The summed E-state index contributed by atoms with van der Waals surface area (Å²) in [7, 11) is 0. The van der Waals surface area contributed by atoms with E-state index in [1.807, 2.05) is 39.6 Å². The third-order valence-corrected chi connectivity index (χ3v) is 4.72. The van der Waals surface area contributed by atoms with Gasteiger partial charge in [0.25, 0.3) is 0 Å². The summed E-state index contributed by atoms with van der Waals surface area (Å²) in [5.41, 5.74) is 0.960. The van der Waals surface area contributed by atoms with Crippen LogP contribution < -0.4 is 0 Å². The highest BCUT2D eigenvalue weighted by molar-refractivity contribution is 7.98. The van der Waals surface area contributed by atoms with E-state index in [9.17, 15) is 0 Å². The Morgan fingerprint density at radius 1 is 1.20 bits per heavy atom. The number of aryl methyl sites for hydroxylation is 1. The van der Waals surface area contributed by atoms with Gasteiger partial charge in [-0.1, -0.05) is 36.4 Å². The van der Waals surface area contributed by atoms with Crippen LogP contribution in [-0.4, -0.2) is 35.0 Å². The molecule has 3 rings (SSSR count). The minimum absolute atomic E-state index is 0.618. The predicted octanol–water partition coefficient (Wildman–Crippen LogP) is 3.47. The van der Waals surface area contributed by atoms with Crippen LogP contribution in [-0.2, 0) is 18.8 Å². The first-order chi connectivity index (χ1) is 12.2. The fourth-order valence-corrected chi connectivity index (χ4v) is 3.35. The summed E-state index contributed by atoms with van der Waals surface area (Å²) in [4.78, 5) is 0. The van der Waals surface area contributed by atoms with E-state index < -0.39 is 0 Å². The van der Waals surface area contributed by atoms with Gasteiger partial charge in [-0.25, -0.2) is 4.68 Å². The Kier molecular flexibility index (Phi) is 5.83. The Labute approximate surface area is 155 Å². The van der Waals surface area contributed by atoms with E-state index >= 15 is 0 Å². The molecule has 1 aromatic carbocycles. The van der Waals surface area contributed by atoms with Gasteiger partial charge in [0.2, 0.25) is 0 Å². The van der Waals surface area contributed by atoms with Crippen LogP contribution in [0.4, 0.5) is 0 Å². The van der Waals surface area contributed by atoms with Crippen LogP contribution in [0.25, 0.3) is 11.4 Å². The average molecular weight is 376 g/mol. The first-order valence-electron chi connectivity index (χ1n) is 7.90. The quantitative estimate of drug-likeness (QED) is 0.443. The first kappa shape index (κ1) is 17.6. The topological polar surface area (TPSA) is 74.3 Å². The summed E-state index contributed by atoms with van der Waals surface area (Å²) < 4.78 is 3.84. The van der Waals surface area contributed by atoms with Crippen LogP contribution >= 0.6 is 23.4 Å². The van der Waals surface area contributed by atoms with Crippen molar-refractivity contribution >= 4 is 23.4 Å². The number of hydrogen-bond acceptors (Lipinski definition) is 6. The Morgan fingerprint density at radius 2 is 2.00 bits per heavy atom. The van der Waals surface area contributed by atoms with Crippen molar-refractivity contribution in [2.45, 2.75) is 37.3 Å². The Bertz CT molecular complexity index is 841. The summed E-state index contributed by atoms with van der Waals surface area (Å²) >= 11 is 7.52. The molecule has 0 saturated carbocycles. The van der Waals surface area contributed by atoms with Gasteiger partial charge >= 0.3 is 0 Å². The molecule has 0 aliphatic carbocycles. The smallest absolute Gasteiger partial charge is 0.192 e. The molecule has 7 nitrogen and oxygen atoms in total. The molecule has 25 heavy (non-hydrogen) atoms. The summed E-state index contributed by atoms with van der Waals surface area (Å²) in [5, 5.41) is 22.0. The fraction of sp³-hybridized carbons (Fsp3) is 0.312. The zero-order chi connectivity index (χ0) is 17.6. The second-order valence-corrected chi connectivity index (χ2v) is 6.70. The second-order valence-electron chi connectivity index (χ2n) is 5.32. The van der Waals surface area contributed by atoms with Gasteiger partial charge in [-0.05, 0) is 41.1 Å². The Morgan fingerprint density at radius 3 is 2.72 bits per heavy atom. The molecule has 3 aromatic rings. The number of nitrogens with zero attached hydrogens (tertiary/aromatic N) is 7. The van der Waals surface area contributed by atoms with E-state index in [-0.39, 0.29) is 0 Å². The van der Waals surface area contributed by atoms with Crippen molar-refractivity contribution in [1.82, 2.24) is 35.0 Å². The molecule has 0 spiro atoms. The van der Waals surface area contributed by atoms with Crippen LogP contribution in [0.1, 0.15) is 19.2 Å².